The summed E-state index contributed by atoms with van der Waals surface area (Å²) < 4.78 is 0. The molecule has 2 N–H and O–H groups in total. The quantitative estimate of drug-likeness (QED) is 0.512. The molecule has 4 rings (SSSR count). The van der Waals surface area contributed by atoms with E-state index in [0.29, 0.717) is 24.2 Å². The zero-order valence-electron chi connectivity index (χ0n) is 15.8. The Morgan fingerprint density at radius 2 is 1.92 bits per heavy atom. The Morgan fingerprint density at radius 3 is 2.65 bits per heavy atom. The van der Waals surface area contributed by atoms with Crippen molar-refractivity contribution in [3.05, 3.63) is 11.6 Å². The maximum Gasteiger partial charge on any atom is 0.131 e. The van der Waals surface area contributed by atoms with Crippen LogP contribution in [0.25, 0.3) is 0 Å². The van der Waals surface area contributed by atoms with Crippen LogP contribution in [-0.4, -0.2) is 27.9 Å². The summed E-state index contributed by atoms with van der Waals surface area (Å²) in [7, 11) is 0. The fraction of sp³-hybridized carbons (Fsp3) is 0.773. The van der Waals surface area contributed by atoms with Crippen molar-refractivity contribution < 1.29 is 20.1 Å². The molecular weight excluding hydrogens is 328 g/mol. The molecule has 0 aromatic rings. The zero-order valence-corrected chi connectivity index (χ0v) is 15.8. The highest BCUT2D eigenvalue weighted by molar-refractivity contribution is 5.84. The Morgan fingerprint density at radius 1 is 1.19 bits per heavy atom. The van der Waals surface area contributed by atoms with Crippen LogP contribution >= 0.6 is 0 Å². The number of hydrogen-bond donors (Lipinski definition) is 2. The van der Waals surface area contributed by atoms with Crippen LogP contribution in [0.4, 0.5) is 0 Å². The van der Waals surface area contributed by atoms with Crippen LogP contribution in [-0.2, 0) is 4.79 Å². The van der Waals surface area contributed by atoms with E-state index >= 15 is 0 Å². The van der Waals surface area contributed by atoms with Gasteiger partial charge >= 0.3 is 0 Å². The average molecular weight is 357 g/mol. The van der Waals surface area contributed by atoms with Gasteiger partial charge in [0, 0.05) is 5.41 Å². The number of aliphatic hydroxyl groups excluding tert-OH is 1. The third-order valence-electron chi connectivity index (χ3n) is 8.60. The van der Waals surface area contributed by atoms with Gasteiger partial charge in [0.15, 0.2) is 0 Å². The maximum atomic E-state index is 11.2. The van der Waals surface area contributed by atoms with E-state index in [4.69, 9.17) is 0 Å². The van der Waals surface area contributed by atoms with Crippen LogP contribution in [0.5, 0.6) is 0 Å². The van der Waals surface area contributed by atoms with Crippen molar-refractivity contribution in [1.82, 2.24) is 0 Å². The summed E-state index contributed by atoms with van der Waals surface area (Å²) in [5.74, 6) is 4.78. The van der Waals surface area contributed by atoms with Gasteiger partial charge in [-0.05, 0) is 80.5 Å². The summed E-state index contributed by atoms with van der Waals surface area (Å²) in [4.78, 5) is 10.8. The number of carboxylic acid groups (broad SMARTS) is 1. The molecule has 0 saturated heterocycles. The SMILES string of the molecule is C[C@@]12CC[C@H](O)CC1=CC[C@H]1[C@H]3CC[C@@](O)(C#CC(=O)[O-])[C@]3(C)CC[C@@H]12. The number of hydrogen-bond acceptors (Lipinski definition) is 4. The fourth-order valence-corrected chi connectivity index (χ4v) is 7.02. The molecule has 4 aliphatic rings. The molecule has 26 heavy (non-hydrogen) atoms. The molecule has 7 atom stereocenters. The molecule has 0 amide bonds. The largest absolute Gasteiger partial charge is 0.537 e. The van der Waals surface area contributed by atoms with Gasteiger partial charge in [0.25, 0.3) is 0 Å². The molecule has 0 heterocycles. The molecule has 4 aliphatic carbocycles. The van der Waals surface area contributed by atoms with E-state index in [9.17, 15) is 20.1 Å². The van der Waals surface area contributed by atoms with E-state index in [1.54, 1.807) is 0 Å². The van der Waals surface area contributed by atoms with Crippen LogP contribution in [0.1, 0.15) is 65.2 Å². The maximum absolute atomic E-state index is 11.2. The molecule has 0 aromatic carbocycles. The summed E-state index contributed by atoms with van der Waals surface area (Å²) in [5.41, 5.74) is 0.0232. The Balaban J connectivity index is 1.66. The normalized spacial score (nSPS) is 49.8. The van der Waals surface area contributed by atoms with Crippen molar-refractivity contribution in [2.45, 2.75) is 76.9 Å². The second-order valence-corrected chi connectivity index (χ2v) is 9.55. The smallest absolute Gasteiger partial charge is 0.131 e. The van der Waals surface area contributed by atoms with Gasteiger partial charge in [0.1, 0.15) is 11.6 Å². The Labute approximate surface area is 155 Å². The Hall–Kier alpha value is -1.31. The minimum atomic E-state index is -1.42. The number of carboxylic acids is 1. The van der Waals surface area contributed by atoms with Gasteiger partial charge in [-0.2, -0.15) is 0 Å². The third kappa shape index (κ3) is 2.40. The first-order valence-corrected chi connectivity index (χ1v) is 10.0. The van der Waals surface area contributed by atoms with Crippen molar-refractivity contribution in [2.75, 3.05) is 0 Å². The molecule has 142 valence electrons. The zero-order chi connectivity index (χ0) is 18.7. The van der Waals surface area contributed by atoms with E-state index in [2.05, 4.69) is 31.8 Å². The number of aliphatic carboxylic acids is 1. The number of rotatable bonds is 0. The van der Waals surface area contributed by atoms with Crippen molar-refractivity contribution in [1.29, 1.82) is 0 Å². The van der Waals surface area contributed by atoms with Gasteiger partial charge in [-0.3, -0.25) is 0 Å². The summed E-state index contributed by atoms with van der Waals surface area (Å²) in [6, 6.07) is 0. The van der Waals surface area contributed by atoms with Gasteiger partial charge in [-0.25, -0.2) is 0 Å². The van der Waals surface area contributed by atoms with Crippen molar-refractivity contribution >= 4 is 5.97 Å². The van der Waals surface area contributed by atoms with E-state index in [-0.39, 0.29) is 16.9 Å². The van der Waals surface area contributed by atoms with Gasteiger partial charge in [-0.1, -0.05) is 31.4 Å². The fourth-order valence-electron chi connectivity index (χ4n) is 7.02. The first kappa shape index (κ1) is 18.1. The lowest BCUT2D eigenvalue weighted by Crippen LogP contribution is -2.54. The minimum absolute atomic E-state index is 0.168. The summed E-state index contributed by atoms with van der Waals surface area (Å²) in [5, 5.41) is 32.1. The molecule has 4 heteroatoms. The topological polar surface area (TPSA) is 80.6 Å². The number of aliphatic hydroxyl groups is 2. The summed E-state index contributed by atoms with van der Waals surface area (Å²) in [6.45, 7) is 4.48. The van der Waals surface area contributed by atoms with E-state index in [1.165, 1.54) is 5.57 Å². The molecule has 0 bridgehead atoms. The molecule has 0 aromatic heterocycles. The average Bonchev–Trinajstić information content (AvgIpc) is 2.86. The molecule has 0 spiro atoms. The Bertz CT molecular complexity index is 715. The first-order valence-electron chi connectivity index (χ1n) is 10.0. The van der Waals surface area contributed by atoms with Crippen LogP contribution in [0.3, 0.4) is 0 Å². The minimum Gasteiger partial charge on any atom is -0.537 e. The van der Waals surface area contributed by atoms with Gasteiger partial charge in [0.2, 0.25) is 0 Å². The van der Waals surface area contributed by atoms with Crippen LogP contribution < -0.4 is 5.11 Å². The third-order valence-corrected chi connectivity index (χ3v) is 8.60. The van der Waals surface area contributed by atoms with Gasteiger partial charge < -0.3 is 20.1 Å². The predicted octanol–water partition coefficient (Wildman–Crippen LogP) is 1.79. The second kappa shape index (κ2) is 5.84. The van der Waals surface area contributed by atoms with Gasteiger partial charge in [-0.15, -0.1) is 0 Å². The van der Waals surface area contributed by atoms with E-state index in [0.717, 1.165) is 44.9 Å². The molecule has 3 saturated carbocycles. The van der Waals surface area contributed by atoms with Crippen molar-refractivity contribution in [2.24, 2.45) is 28.6 Å². The number of carbonyl (C=O) groups is 1. The number of fused-ring (bicyclic) bond motifs is 5. The van der Waals surface area contributed by atoms with Gasteiger partial charge in [0.05, 0.1) is 6.10 Å². The Kier molecular flexibility index (Phi) is 4.06. The molecule has 0 aliphatic heterocycles. The molecule has 3 fully saturated rings. The molecule has 4 nitrogen and oxygen atoms in total. The molecule has 0 unspecified atom stereocenters. The number of carbonyl (C=O) groups excluding carboxylic acids is 1. The first-order chi connectivity index (χ1) is 12.2. The predicted molar refractivity (Wildman–Crippen MR) is 95.4 cm³/mol. The highest BCUT2D eigenvalue weighted by Gasteiger charge is 2.63. The lowest BCUT2D eigenvalue weighted by Gasteiger charge is -2.58. The molecule has 0 radical (unpaired) electrons. The highest BCUT2D eigenvalue weighted by Crippen LogP contribution is 2.67. The summed E-state index contributed by atoms with van der Waals surface area (Å²) in [6.07, 6.45) is 9.26. The highest BCUT2D eigenvalue weighted by atomic mass is 16.4. The summed E-state index contributed by atoms with van der Waals surface area (Å²) >= 11 is 0. The monoisotopic (exact) mass is 357 g/mol. The van der Waals surface area contributed by atoms with Crippen LogP contribution in [0.2, 0.25) is 0 Å². The molecular formula is C22H29O4-. The number of allylic oxidation sites excluding steroid dienone is 1. The lowest BCUT2D eigenvalue weighted by atomic mass is 9.47. The van der Waals surface area contributed by atoms with Crippen LogP contribution in [0.15, 0.2) is 11.6 Å². The van der Waals surface area contributed by atoms with Crippen molar-refractivity contribution in [3.63, 3.8) is 0 Å². The van der Waals surface area contributed by atoms with Crippen LogP contribution in [0, 0.1) is 40.4 Å². The van der Waals surface area contributed by atoms with E-state index < -0.39 is 11.6 Å². The second-order valence-electron chi connectivity index (χ2n) is 9.55. The lowest BCUT2D eigenvalue weighted by molar-refractivity contribution is -0.296. The van der Waals surface area contributed by atoms with Crippen molar-refractivity contribution in [3.8, 4) is 11.8 Å². The van der Waals surface area contributed by atoms with E-state index in [1.807, 2.05) is 0 Å². The standard InChI is InChI=1S/C22H30O4/c1-20-9-5-15(23)13-14(20)3-4-16-17(20)6-10-21(2)18(16)7-11-22(21,26)12-8-19(24)25/h3,15-18,23,26H,4-7,9-11,13H2,1-2H3,(H,24,25)/p-1/t15-,16+,17-,18+,20+,21+,22+/m0/s1.